The van der Waals surface area contributed by atoms with Crippen LogP contribution in [0.25, 0.3) is 0 Å². The molecule has 0 aromatic rings. The predicted octanol–water partition coefficient (Wildman–Crippen LogP) is 2.66. The molecule has 0 bridgehead atoms. The van der Waals surface area contributed by atoms with E-state index in [9.17, 15) is 0 Å². The zero-order valence-electron chi connectivity index (χ0n) is 10.2. The van der Waals surface area contributed by atoms with E-state index in [-0.39, 0.29) is 11.0 Å². The van der Waals surface area contributed by atoms with Crippen LogP contribution in [-0.2, 0) is 4.74 Å². The van der Waals surface area contributed by atoms with Crippen LogP contribution in [0.2, 0.25) is 0 Å². The third-order valence-corrected chi connectivity index (χ3v) is 2.54. The summed E-state index contributed by atoms with van der Waals surface area (Å²) in [5.74, 6) is 0. The van der Waals surface area contributed by atoms with Gasteiger partial charge >= 0.3 is 0 Å². The summed E-state index contributed by atoms with van der Waals surface area (Å²) in [6.07, 6.45) is 0. The van der Waals surface area contributed by atoms with Gasteiger partial charge in [-0.1, -0.05) is 20.4 Å². The Kier molecular flexibility index (Phi) is 2.96. The van der Waals surface area contributed by atoms with Crippen molar-refractivity contribution in [3.63, 3.8) is 0 Å². The van der Waals surface area contributed by atoms with Gasteiger partial charge in [-0.15, -0.1) is 0 Å². The Hall–Kier alpha value is -0.500. The van der Waals surface area contributed by atoms with E-state index in [0.717, 1.165) is 18.8 Å². The van der Waals surface area contributed by atoms with E-state index < -0.39 is 0 Å². The summed E-state index contributed by atoms with van der Waals surface area (Å²) >= 11 is 0. The van der Waals surface area contributed by atoms with Crippen LogP contribution < -0.4 is 0 Å². The minimum atomic E-state index is 0.141. The summed E-state index contributed by atoms with van der Waals surface area (Å²) in [6, 6.07) is 0. The van der Waals surface area contributed by atoms with Gasteiger partial charge < -0.3 is 9.64 Å². The Balaban J connectivity index is 2.85. The van der Waals surface area contributed by atoms with Crippen molar-refractivity contribution < 1.29 is 4.74 Å². The first kappa shape index (κ1) is 11.6. The lowest BCUT2D eigenvalue weighted by molar-refractivity contribution is 0.0858. The van der Waals surface area contributed by atoms with E-state index in [0.29, 0.717) is 6.61 Å². The van der Waals surface area contributed by atoms with Crippen molar-refractivity contribution in [3.05, 3.63) is 12.3 Å². The number of nitrogens with zero attached hydrogens (tertiary/aromatic N) is 1. The molecule has 0 aromatic heterocycles. The van der Waals surface area contributed by atoms with Gasteiger partial charge in [0.1, 0.15) is 0 Å². The smallest absolute Gasteiger partial charge is 0.0858 e. The van der Waals surface area contributed by atoms with Gasteiger partial charge in [0.05, 0.1) is 13.2 Å². The highest BCUT2D eigenvalue weighted by molar-refractivity contribution is 5.03. The SMILES string of the molecule is C=C1COCC(C)(C)CN1C(C)(C)C. The third-order valence-electron chi connectivity index (χ3n) is 2.54. The molecule has 82 valence electrons. The highest BCUT2D eigenvalue weighted by atomic mass is 16.5. The van der Waals surface area contributed by atoms with Crippen LogP contribution in [0.3, 0.4) is 0 Å². The van der Waals surface area contributed by atoms with Crippen LogP contribution >= 0.6 is 0 Å². The topological polar surface area (TPSA) is 12.5 Å². The molecule has 1 aliphatic rings. The fourth-order valence-corrected chi connectivity index (χ4v) is 1.82. The molecule has 2 heteroatoms. The van der Waals surface area contributed by atoms with Gasteiger partial charge in [-0.3, -0.25) is 0 Å². The maximum Gasteiger partial charge on any atom is 0.0858 e. The lowest BCUT2D eigenvalue weighted by Crippen LogP contribution is -2.45. The van der Waals surface area contributed by atoms with Gasteiger partial charge in [0, 0.05) is 23.2 Å². The maximum absolute atomic E-state index is 5.61. The quantitative estimate of drug-likeness (QED) is 0.592. The molecular formula is C12H23NO. The first-order valence-electron chi connectivity index (χ1n) is 5.26. The molecule has 0 amide bonds. The predicted molar refractivity (Wildman–Crippen MR) is 60.2 cm³/mol. The van der Waals surface area contributed by atoms with Crippen LogP contribution in [0.4, 0.5) is 0 Å². The van der Waals surface area contributed by atoms with Gasteiger partial charge in [0.25, 0.3) is 0 Å². The Morgan fingerprint density at radius 1 is 1.36 bits per heavy atom. The molecule has 0 N–H and O–H groups in total. The van der Waals surface area contributed by atoms with Gasteiger partial charge in [0.15, 0.2) is 0 Å². The Morgan fingerprint density at radius 3 is 2.43 bits per heavy atom. The highest BCUT2D eigenvalue weighted by Gasteiger charge is 2.32. The zero-order valence-corrected chi connectivity index (χ0v) is 10.2. The maximum atomic E-state index is 5.61. The van der Waals surface area contributed by atoms with Gasteiger partial charge in [-0.25, -0.2) is 0 Å². The molecule has 0 radical (unpaired) electrons. The molecule has 0 atom stereocenters. The number of hydrogen-bond acceptors (Lipinski definition) is 2. The second-order valence-corrected chi connectivity index (χ2v) is 5.98. The molecular weight excluding hydrogens is 174 g/mol. The van der Waals surface area contributed by atoms with Crippen LogP contribution in [-0.4, -0.2) is 30.2 Å². The minimum absolute atomic E-state index is 0.141. The number of rotatable bonds is 0. The molecule has 0 aromatic carbocycles. The van der Waals surface area contributed by atoms with E-state index in [1.165, 1.54) is 0 Å². The van der Waals surface area contributed by atoms with Crippen LogP contribution in [0, 0.1) is 5.41 Å². The summed E-state index contributed by atoms with van der Waals surface area (Å²) in [5.41, 5.74) is 1.46. The number of ether oxygens (including phenoxy) is 1. The summed E-state index contributed by atoms with van der Waals surface area (Å²) in [6.45, 7) is 17.7. The van der Waals surface area contributed by atoms with Crippen molar-refractivity contribution in [2.24, 2.45) is 5.41 Å². The lowest BCUT2D eigenvalue weighted by atomic mass is 9.92. The van der Waals surface area contributed by atoms with E-state index in [2.05, 4.69) is 46.1 Å². The molecule has 1 heterocycles. The van der Waals surface area contributed by atoms with E-state index in [1.807, 2.05) is 0 Å². The lowest BCUT2D eigenvalue weighted by Gasteiger charge is -2.41. The van der Waals surface area contributed by atoms with Crippen LogP contribution in [0.5, 0.6) is 0 Å². The van der Waals surface area contributed by atoms with Crippen LogP contribution in [0.15, 0.2) is 12.3 Å². The van der Waals surface area contributed by atoms with E-state index >= 15 is 0 Å². The molecule has 1 fully saturated rings. The Morgan fingerprint density at radius 2 is 1.93 bits per heavy atom. The van der Waals surface area contributed by atoms with Crippen LogP contribution in [0.1, 0.15) is 34.6 Å². The molecule has 2 nitrogen and oxygen atoms in total. The zero-order chi connectivity index (χ0) is 11.0. The highest BCUT2D eigenvalue weighted by Crippen LogP contribution is 2.29. The van der Waals surface area contributed by atoms with Gasteiger partial charge in [-0.05, 0) is 20.8 Å². The normalized spacial score (nSPS) is 23.5. The standard InChI is InChI=1S/C12H23NO/c1-10-7-14-9-12(5,6)8-13(10)11(2,3)4/h1,7-9H2,2-6H3. The van der Waals surface area contributed by atoms with Crippen molar-refractivity contribution in [3.8, 4) is 0 Å². The fraction of sp³-hybridized carbons (Fsp3) is 0.833. The van der Waals surface area contributed by atoms with Crippen molar-refractivity contribution >= 4 is 0 Å². The van der Waals surface area contributed by atoms with Crippen molar-refractivity contribution in [2.45, 2.75) is 40.2 Å². The van der Waals surface area contributed by atoms with Gasteiger partial charge in [0.2, 0.25) is 0 Å². The summed E-state index contributed by atoms with van der Waals surface area (Å²) in [7, 11) is 0. The second-order valence-electron chi connectivity index (χ2n) is 5.98. The third kappa shape index (κ3) is 2.74. The van der Waals surface area contributed by atoms with E-state index in [4.69, 9.17) is 4.74 Å². The average molecular weight is 197 g/mol. The van der Waals surface area contributed by atoms with Crippen molar-refractivity contribution in [1.29, 1.82) is 0 Å². The molecule has 1 saturated heterocycles. The average Bonchev–Trinajstić information content (AvgIpc) is 2.09. The molecule has 0 aliphatic carbocycles. The molecule has 0 saturated carbocycles. The molecule has 0 spiro atoms. The largest absolute Gasteiger partial charge is 0.375 e. The van der Waals surface area contributed by atoms with Gasteiger partial charge in [-0.2, -0.15) is 0 Å². The molecule has 0 unspecified atom stereocenters. The van der Waals surface area contributed by atoms with Crippen molar-refractivity contribution in [1.82, 2.24) is 4.90 Å². The molecule has 1 aliphatic heterocycles. The Bertz CT molecular complexity index is 225. The molecule has 1 rings (SSSR count). The first-order valence-corrected chi connectivity index (χ1v) is 5.26. The molecule has 14 heavy (non-hydrogen) atoms. The monoisotopic (exact) mass is 197 g/mol. The fourth-order valence-electron chi connectivity index (χ4n) is 1.82. The Labute approximate surface area is 87.9 Å². The van der Waals surface area contributed by atoms with Crippen molar-refractivity contribution in [2.75, 3.05) is 19.8 Å². The summed E-state index contributed by atoms with van der Waals surface area (Å²) < 4.78 is 5.61. The number of hydrogen-bond donors (Lipinski definition) is 0. The van der Waals surface area contributed by atoms with E-state index in [1.54, 1.807) is 0 Å². The summed E-state index contributed by atoms with van der Waals surface area (Å²) in [4.78, 5) is 2.36. The second kappa shape index (κ2) is 3.58. The minimum Gasteiger partial charge on any atom is -0.375 e. The summed E-state index contributed by atoms with van der Waals surface area (Å²) in [5, 5.41) is 0. The first-order chi connectivity index (χ1) is 6.22.